The predicted molar refractivity (Wildman–Crippen MR) is 46.1 cm³/mol. The molecule has 1 saturated heterocycles. The molecule has 0 aliphatic carbocycles. The third kappa shape index (κ3) is 2.64. The van der Waals surface area contributed by atoms with Crippen LogP contribution in [0.1, 0.15) is 13.3 Å². The SMILES string of the molecule is C=CC[C](C)N1CCOCC1. The molecule has 0 amide bonds. The molecule has 0 saturated carbocycles. The van der Waals surface area contributed by atoms with E-state index in [9.17, 15) is 0 Å². The molecule has 0 bridgehead atoms. The lowest BCUT2D eigenvalue weighted by molar-refractivity contribution is 0.0413. The van der Waals surface area contributed by atoms with Gasteiger partial charge in [0.25, 0.3) is 0 Å². The van der Waals surface area contributed by atoms with E-state index in [-0.39, 0.29) is 0 Å². The van der Waals surface area contributed by atoms with Crippen molar-refractivity contribution in [1.29, 1.82) is 0 Å². The smallest absolute Gasteiger partial charge is 0.0594 e. The molecule has 63 valence electrons. The van der Waals surface area contributed by atoms with Crippen LogP contribution in [0.25, 0.3) is 0 Å². The fourth-order valence-electron chi connectivity index (χ4n) is 1.28. The Labute approximate surface area is 68.8 Å². The molecule has 0 unspecified atom stereocenters. The van der Waals surface area contributed by atoms with Crippen LogP contribution in [0.3, 0.4) is 0 Å². The molecule has 1 rings (SSSR count). The van der Waals surface area contributed by atoms with E-state index in [1.165, 1.54) is 6.04 Å². The average Bonchev–Trinajstić information content (AvgIpc) is 2.07. The van der Waals surface area contributed by atoms with Crippen molar-refractivity contribution in [2.24, 2.45) is 0 Å². The summed E-state index contributed by atoms with van der Waals surface area (Å²) in [6, 6.07) is 1.41. The number of hydrogen-bond acceptors (Lipinski definition) is 2. The maximum atomic E-state index is 5.25. The van der Waals surface area contributed by atoms with E-state index in [2.05, 4.69) is 18.4 Å². The number of ether oxygens (including phenoxy) is 1. The summed E-state index contributed by atoms with van der Waals surface area (Å²) in [6.07, 6.45) is 2.95. The van der Waals surface area contributed by atoms with E-state index in [4.69, 9.17) is 4.74 Å². The molecule has 1 fully saturated rings. The molecule has 0 N–H and O–H groups in total. The molecule has 1 radical (unpaired) electrons. The highest BCUT2D eigenvalue weighted by atomic mass is 16.5. The van der Waals surface area contributed by atoms with Gasteiger partial charge in [0.15, 0.2) is 0 Å². The molecular formula is C9H16NO. The normalized spacial score (nSPS) is 20.5. The highest BCUT2D eigenvalue weighted by Gasteiger charge is 2.15. The zero-order chi connectivity index (χ0) is 8.10. The number of rotatable bonds is 3. The molecule has 11 heavy (non-hydrogen) atoms. The van der Waals surface area contributed by atoms with Gasteiger partial charge in [-0.2, -0.15) is 0 Å². The van der Waals surface area contributed by atoms with E-state index in [1.54, 1.807) is 0 Å². The lowest BCUT2D eigenvalue weighted by atomic mass is 10.2. The number of nitrogens with zero attached hydrogens (tertiary/aromatic N) is 1. The molecule has 1 heterocycles. The molecule has 0 aromatic carbocycles. The van der Waals surface area contributed by atoms with E-state index >= 15 is 0 Å². The largest absolute Gasteiger partial charge is 0.379 e. The first-order valence-electron chi connectivity index (χ1n) is 4.10. The van der Waals surface area contributed by atoms with Crippen molar-refractivity contribution in [2.75, 3.05) is 26.3 Å². The molecule has 0 spiro atoms. The summed E-state index contributed by atoms with van der Waals surface area (Å²) in [6.45, 7) is 9.70. The van der Waals surface area contributed by atoms with Crippen LogP contribution >= 0.6 is 0 Å². The lowest BCUT2D eigenvalue weighted by Crippen LogP contribution is -2.37. The van der Waals surface area contributed by atoms with Crippen molar-refractivity contribution in [2.45, 2.75) is 13.3 Å². The van der Waals surface area contributed by atoms with Gasteiger partial charge >= 0.3 is 0 Å². The van der Waals surface area contributed by atoms with Gasteiger partial charge in [-0.1, -0.05) is 6.08 Å². The van der Waals surface area contributed by atoms with Crippen LogP contribution < -0.4 is 0 Å². The average molecular weight is 154 g/mol. The lowest BCUT2D eigenvalue weighted by Gasteiger charge is -2.30. The van der Waals surface area contributed by atoms with E-state index in [0.29, 0.717) is 0 Å². The van der Waals surface area contributed by atoms with Gasteiger partial charge in [0.2, 0.25) is 0 Å². The van der Waals surface area contributed by atoms with E-state index < -0.39 is 0 Å². The summed E-state index contributed by atoms with van der Waals surface area (Å²) in [5, 5.41) is 0. The maximum Gasteiger partial charge on any atom is 0.0594 e. The maximum absolute atomic E-state index is 5.25. The minimum absolute atomic E-state index is 0.870. The zero-order valence-electron chi connectivity index (χ0n) is 7.18. The molecule has 1 aliphatic rings. The first kappa shape index (κ1) is 8.75. The monoisotopic (exact) mass is 154 g/mol. The van der Waals surface area contributed by atoms with Crippen LogP contribution in [0.4, 0.5) is 0 Å². The topological polar surface area (TPSA) is 12.5 Å². The second-order valence-corrected chi connectivity index (χ2v) is 2.83. The molecule has 0 atom stereocenters. The van der Waals surface area contributed by atoms with Crippen LogP contribution in [0, 0.1) is 6.04 Å². The number of hydrogen-bond donors (Lipinski definition) is 0. The highest BCUT2D eigenvalue weighted by Crippen LogP contribution is 2.13. The van der Waals surface area contributed by atoms with E-state index in [1.807, 2.05) is 6.08 Å². The van der Waals surface area contributed by atoms with Crippen molar-refractivity contribution in [1.82, 2.24) is 4.90 Å². The van der Waals surface area contributed by atoms with Gasteiger partial charge < -0.3 is 4.74 Å². The first-order valence-corrected chi connectivity index (χ1v) is 4.10. The van der Waals surface area contributed by atoms with Crippen molar-refractivity contribution >= 4 is 0 Å². The Morgan fingerprint density at radius 2 is 2.18 bits per heavy atom. The van der Waals surface area contributed by atoms with Crippen LogP contribution in [-0.4, -0.2) is 31.2 Å². The Morgan fingerprint density at radius 1 is 1.55 bits per heavy atom. The molecule has 2 heteroatoms. The minimum atomic E-state index is 0.870. The summed E-state index contributed by atoms with van der Waals surface area (Å²) in [4.78, 5) is 2.37. The zero-order valence-corrected chi connectivity index (χ0v) is 7.18. The summed E-state index contributed by atoms with van der Waals surface area (Å²) in [5.41, 5.74) is 0. The van der Waals surface area contributed by atoms with Crippen molar-refractivity contribution in [3.05, 3.63) is 18.7 Å². The Kier molecular flexibility index (Phi) is 3.60. The molecule has 0 aromatic rings. The summed E-state index contributed by atoms with van der Waals surface area (Å²) < 4.78 is 5.25. The molecular weight excluding hydrogens is 138 g/mol. The van der Waals surface area contributed by atoms with Gasteiger partial charge in [-0.15, -0.1) is 6.58 Å². The van der Waals surface area contributed by atoms with Gasteiger partial charge in [-0.05, 0) is 13.3 Å². The van der Waals surface area contributed by atoms with Gasteiger partial charge in [-0.25, -0.2) is 0 Å². The van der Waals surface area contributed by atoms with E-state index in [0.717, 1.165) is 32.7 Å². The predicted octanol–water partition coefficient (Wildman–Crippen LogP) is 1.45. The quantitative estimate of drug-likeness (QED) is 0.570. The van der Waals surface area contributed by atoms with Crippen molar-refractivity contribution in [3.63, 3.8) is 0 Å². The second-order valence-electron chi connectivity index (χ2n) is 2.83. The molecule has 0 aromatic heterocycles. The fraction of sp³-hybridized carbons (Fsp3) is 0.667. The fourth-order valence-corrected chi connectivity index (χ4v) is 1.28. The summed E-state index contributed by atoms with van der Waals surface area (Å²) in [7, 11) is 0. The molecule has 2 nitrogen and oxygen atoms in total. The van der Waals surface area contributed by atoms with Crippen LogP contribution in [0.5, 0.6) is 0 Å². The Bertz CT molecular complexity index is 119. The first-order chi connectivity index (χ1) is 5.34. The van der Waals surface area contributed by atoms with Gasteiger partial charge in [0, 0.05) is 19.1 Å². The standard InChI is InChI=1S/C9H16NO/c1-3-4-9(2)10-5-7-11-8-6-10/h3H,1,4-8H2,2H3. The third-order valence-electron chi connectivity index (χ3n) is 1.99. The number of morpholine rings is 1. The second kappa shape index (κ2) is 4.52. The van der Waals surface area contributed by atoms with Gasteiger partial charge in [0.1, 0.15) is 0 Å². The minimum Gasteiger partial charge on any atom is -0.379 e. The van der Waals surface area contributed by atoms with Crippen molar-refractivity contribution in [3.8, 4) is 0 Å². The Morgan fingerprint density at radius 3 is 2.73 bits per heavy atom. The summed E-state index contributed by atoms with van der Waals surface area (Å²) >= 11 is 0. The van der Waals surface area contributed by atoms with Crippen LogP contribution in [-0.2, 0) is 4.74 Å². The Hall–Kier alpha value is -0.340. The van der Waals surface area contributed by atoms with Crippen molar-refractivity contribution < 1.29 is 4.74 Å². The summed E-state index contributed by atoms with van der Waals surface area (Å²) in [5.74, 6) is 0. The highest BCUT2D eigenvalue weighted by molar-refractivity contribution is 4.92. The molecule has 1 aliphatic heterocycles. The van der Waals surface area contributed by atoms with Gasteiger partial charge in [0.05, 0.1) is 13.2 Å². The van der Waals surface area contributed by atoms with Gasteiger partial charge in [-0.3, -0.25) is 4.90 Å². The Balaban J connectivity index is 2.26. The van der Waals surface area contributed by atoms with Crippen LogP contribution in [0.15, 0.2) is 12.7 Å². The third-order valence-corrected chi connectivity index (χ3v) is 1.99. The van der Waals surface area contributed by atoms with Crippen LogP contribution in [0.2, 0.25) is 0 Å².